The molecule has 2 N–H and O–H groups in total. The first-order valence-corrected chi connectivity index (χ1v) is 6.78. The number of hydrogen-bond donors (Lipinski definition) is 1. The van der Waals surface area contributed by atoms with Crippen molar-refractivity contribution in [3.05, 3.63) is 29.8 Å². The lowest BCUT2D eigenvalue weighted by atomic mass is 9.96. The van der Waals surface area contributed by atoms with Crippen LogP contribution in [-0.2, 0) is 19.4 Å². The topological polar surface area (TPSA) is 94.3 Å². The van der Waals surface area contributed by atoms with E-state index in [1.807, 2.05) is 0 Å². The summed E-state index contributed by atoms with van der Waals surface area (Å²) in [6.45, 7) is 0. The minimum atomic E-state index is -3.26. The molecule has 92 valence electrons. The highest BCUT2D eigenvalue weighted by atomic mass is 32.2. The molecule has 0 aliphatic heterocycles. The summed E-state index contributed by atoms with van der Waals surface area (Å²) in [7, 11) is -3.26. The molecule has 0 saturated heterocycles. The van der Waals surface area contributed by atoms with Gasteiger partial charge in [0, 0.05) is 12.7 Å². The average molecular weight is 255 g/mol. The van der Waals surface area contributed by atoms with E-state index in [1.54, 1.807) is 0 Å². The third kappa shape index (κ3) is 3.39. The van der Waals surface area contributed by atoms with Gasteiger partial charge in [0.15, 0.2) is 9.84 Å². The number of carbonyl (C=O) groups excluding carboxylic acids is 2. The van der Waals surface area contributed by atoms with Crippen molar-refractivity contribution in [2.75, 3.05) is 6.26 Å². The summed E-state index contributed by atoms with van der Waals surface area (Å²) in [5.41, 5.74) is 5.70. The second kappa shape index (κ2) is 5.09. The van der Waals surface area contributed by atoms with Crippen molar-refractivity contribution in [1.29, 1.82) is 0 Å². The van der Waals surface area contributed by atoms with Crippen LogP contribution in [0.1, 0.15) is 17.9 Å². The zero-order valence-electron chi connectivity index (χ0n) is 9.29. The molecule has 0 spiro atoms. The van der Waals surface area contributed by atoms with Gasteiger partial charge in [-0.25, -0.2) is 8.42 Å². The van der Waals surface area contributed by atoms with Crippen molar-refractivity contribution in [2.45, 2.75) is 17.2 Å². The van der Waals surface area contributed by atoms with Gasteiger partial charge >= 0.3 is 0 Å². The number of aldehydes is 1. The van der Waals surface area contributed by atoms with Crippen molar-refractivity contribution in [2.24, 2.45) is 5.73 Å². The molecular weight excluding hydrogens is 242 g/mol. The van der Waals surface area contributed by atoms with Gasteiger partial charge in [-0.3, -0.25) is 4.79 Å². The van der Waals surface area contributed by atoms with E-state index < -0.39 is 21.7 Å². The van der Waals surface area contributed by atoms with Crippen molar-refractivity contribution in [3.8, 4) is 0 Å². The molecule has 1 aromatic rings. The molecule has 1 aromatic carbocycles. The average Bonchev–Trinajstić information content (AvgIpc) is 2.24. The van der Waals surface area contributed by atoms with E-state index >= 15 is 0 Å². The number of hydrogen-bond acceptors (Lipinski definition) is 4. The zero-order valence-corrected chi connectivity index (χ0v) is 10.1. The van der Waals surface area contributed by atoms with E-state index in [4.69, 9.17) is 5.73 Å². The summed E-state index contributed by atoms with van der Waals surface area (Å²) in [4.78, 5) is 21.7. The largest absolute Gasteiger partial charge is 0.369 e. The molecule has 6 heteroatoms. The van der Waals surface area contributed by atoms with Crippen LogP contribution in [0.3, 0.4) is 0 Å². The van der Waals surface area contributed by atoms with Gasteiger partial charge in [0.25, 0.3) is 0 Å². The van der Waals surface area contributed by atoms with Crippen LogP contribution in [0.2, 0.25) is 0 Å². The van der Waals surface area contributed by atoms with Crippen LogP contribution in [0, 0.1) is 0 Å². The number of rotatable bonds is 5. The number of amides is 1. The second-order valence-electron chi connectivity index (χ2n) is 3.70. The number of sulfone groups is 1. The number of nitrogens with two attached hydrogens (primary N) is 1. The lowest BCUT2D eigenvalue weighted by molar-refractivity contribution is -0.121. The van der Waals surface area contributed by atoms with Crippen LogP contribution in [-0.4, -0.2) is 26.9 Å². The van der Waals surface area contributed by atoms with Crippen molar-refractivity contribution in [3.63, 3.8) is 0 Å². The van der Waals surface area contributed by atoms with Crippen LogP contribution in [0.5, 0.6) is 0 Å². The van der Waals surface area contributed by atoms with E-state index in [9.17, 15) is 18.0 Å². The highest BCUT2D eigenvalue weighted by Crippen LogP contribution is 2.20. The monoisotopic (exact) mass is 255 g/mol. The van der Waals surface area contributed by atoms with Gasteiger partial charge in [-0.05, 0) is 17.7 Å². The normalized spacial score (nSPS) is 13.0. The maximum atomic E-state index is 11.2. The standard InChI is InChI=1S/C11H13NO4S/c1-17(15,16)9-4-2-8(3-5-9)10(6-7-13)11(12)14/h2-5,7,10H,6H2,1H3,(H2,12,14). The first kappa shape index (κ1) is 13.4. The lowest BCUT2D eigenvalue weighted by Crippen LogP contribution is -2.21. The molecule has 1 unspecified atom stereocenters. The second-order valence-corrected chi connectivity index (χ2v) is 5.71. The van der Waals surface area contributed by atoms with E-state index in [1.165, 1.54) is 24.3 Å². The molecular formula is C11H13NO4S. The number of primary amides is 1. The van der Waals surface area contributed by atoms with Gasteiger partial charge in [0.1, 0.15) is 6.29 Å². The summed E-state index contributed by atoms with van der Waals surface area (Å²) in [5, 5.41) is 0. The minimum Gasteiger partial charge on any atom is -0.369 e. The summed E-state index contributed by atoms with van der Waals surface area (Å²) < 4.78 is 22.5. The Bertz CT molecular complexity index is 519. The predicted octanol–water partition coefficient (Wildman–Crippen LogP) is 0.248. The molecule has 0 aromatic heterocycles. The van der Waals surface area contributed by atoms with E-state index in [0.29, 0.717) is 11.8 Å². The fourth-order valence-electron chi connectivity index (χ4n) is 1.46. The molecule has 5 nitrogen and oxygen atoms in total. The highest BCUT2D eigenvalue weighted by molar-refractivity contribution is 7.90. The van der Waals surface area contributed by atoms with Gasteiger partial charge < -0.3 is 10.5 Å². The van der Waals surface area contributed by atoms with Gasteiger partial charge in [0.2, 0.25) is 5.91 Å². The molecule has 17 heavy (non-hydrogen) atoms. The van der Waals surface area contributed by atoms with Crippen molar-refractivity contribution < 1.29 is 18.0 Å². The Balaban J connectivity index is 3.08. The Morgan fingerprint density at radius 2 is 1.88 bits per heavy atom. The fraction of sp³-hybridized carbons (Fsp3) is 0.273. The molecule has 0 aliphatic rings. The molecule has 1 amide bonds. The van der Waals surface area contributed by atoms with Crippen LogP contribution < -0.4 is 5.73 Å². The smallest absolute Gasteiger partial charge is 0.225 e. The lowest BCUT2D eigenvalue weighted by Gasteiger charge is -2.10. The van der Waals surface area contributed by atoms with Gasteiger partial charge in [-0.15, -0.1) is 0 Å². The Kier molecular flexibility index (Phi) is 4.01. The van der Waals surface area contributed by atoms with E-state index in [2.05, 4.69) is 0 Å². The minimum absolute atomic E-state index is 0.00639. The van der Waals surface area contributed by atoms with Crippen molar-refractivity contribution >= 4 is 22.0 Å². The Labute approximate surface area is 99.5 Å². The molecule has 0 aliphatic carbocycles. The van der Waals surface area contributed by atoms with Crippen LogP contribution in [0.15, 0.2) is 29.2 Å². The first-order valence-electron chi connectivity index (χ1n) is 4.89. The molecule has 1 atom stereocenters. The highest BCUT2D eigenvalue weighted by Gasteiger charge is 2.17. The summed E-state index contributed by atoms with van der Waals surface area (Å²) in [6.07, 6.45) is 1.70. The fourth-order valence-corrected chi connectivity index (χ4v) is 2.09. The third-order valence-corrected chi connectivity index (χ3v) is 3.51. The van der Waals surface area contributed by atoms with Gasteiger partial charge in [0.05, 0.1) is 10.8 Å². The molecule has 0 saturated carbocycles. The number of carbonyl (C=O) groups is 2. The first-order chi connectivity index (χ1) is 7.86. The summed E-state index contributed by atoms with van der Waals surface area (Å²) in [6, 6.07) is 5.78. The van der Waals surface area contributed by atoms with Crippen LogP contribution >= 0.6 is 0 Å². The Morgan fingerprint density at radius 1 is 1.35 bits per heavy atom. The quantitative estimate of drug-likeness (QED) is 0.763. The Morgan fingerprint density at radius 3 is 2.24 bits per heavy atom. The third-order valence-electron chi connectivity index (χ3n) is 2.39. The molecule has 1 rings (SSSR count). The SMILES string of the molecule is CS(=O)(=O)c1ccc(C(CC=O)C(N)=O)cc1. The summed E-state index contributed by atoms with van der Waals surface area (Å²) >= 11 is 0. The zero-order chi connectivity index (χ0) is 13.1. The summed E-state index contributed by atoms with van der Waals surface area (Å²) in [5.74, 6) is -1.31. The maximum Gasteiger partial charge on any atom is 0.225 e. The van der Waals surface area contributed by atoms with Gasteiger partial charge in [-0.1, -0.05) is 12.1 Å². The van der Waals surface area contributed by atoms with Crippen LogP contribution in [0.4, 0.5) is 0 Å². The van der Waals surface area contributed by atoms with Crippen molar-refractivity contribution in [1.82, 2.24) is 0 Å². The predicted molar refractivity (Wildman–Crippen MR) is 62.2 cm³/mol. The van der Waals surface area contributed by atoms with E-state index in [-0.39, 0.29) is 11.3 Å². The molecule has 0 bridgehead atoms. The van der Waals surface area contributed by atoms with Crippen LogP contribution in [0.25, 0.3) is 0 Å². The number of benzene rings is 1. The molecule has 0 fully saturated rings. The molecule has 0 radical (unpaired) electrons. The van der Waals surface area contributed by atoms with E-state index in [0.717, 1.165) is 6.26 Å². The van der Waals surface area contributed by atoms with Gasteiger partial charge in [-0.2, -0.15) is 0 Å². The molecule has 0 heterocycles. The maximum absolute atomic E-state index is 11.2. The Hall–Kier alpha value is -1.69.